The van der Waals surface area contributed by atoms with Crippen molar-refractivity contribution in [2.45, 2.75) is 26.7 Å². The molecule has 0 aliphatic heterocycles. The number of hydrogen-bond acceptors (Lipinski definition) is 2. The normalized spacial score (nSPS) is 13.8. The molecule has 0 radical (unpaired) electrons. The van der Waals surface area contributed by atoms with Crippen LogP contribution < -0.4 is 0 Å². The zero-order valence-corrected chi connectivity index (χ0v) is 10.7. The molecule has 0 bridgehead atoms. The van der Waals surface area contributed by atoms with Gasteiger partial charge in [0.15, 0.2) is 11.6 Å². The third kappa shape index (κ3) is 4.09. The van der Waals surface area contributed by atoms with E-state index in [0.717, 1.165) is 18.9 Å². The third-order valence-electron chi connectivity index (χ3n) is 2.25. The number of hydrogen-bond donors (Lipinski definition) is 0. The second-order valence-corrected chi connectivity index (χ2v) is 4.89. The summed E-state index contributed by atoms with van der Waals surface area (Å²) >= 11 is -1.37. The van der Waals surface area contributed by atoms with Gasteiger partial charge in [0.2, 0.25) is 0 Å². The van der Waals surface area contributed by atoms with E-state index in [4.69, 9.17) is 0 Å². The zero-order valence-electron chi connectivity index (χ0n) is 9.87. The molecule has 0 N–H and O–H groups in total. The Labute approximate surface area is 103 Å². The van der Waals surface area contributed by atoms with Gasteiger partial charge in [-0.25, -0.2) is 8.78 Å². The van der Waals surface area contributed by atoms with Gasteiger partial charge in [-0.2, -0.15) is 0 Å². The van der Waals surface area contributed by atoms with Crippen LogP contribution >= 0.6 is 0 Å². The van der Waals surface area contributed by atoms with Crippen molar-refractivity contribution in [3.8, 4) is 0 Å². The molecule has 5 heteroatoms. The Bertz CT molecular complexity index is 409. The van der Waals surface area contributed by atoms with E-state index in [9.17, 15) is 13.3 Å². The molecule has 0 aromatic heterocycles. The fourth-order valence-electron chi connectivity index (χ4n) is 1.30. The number of benzene rings is 1. The second-order valence-electron chi connectivity index (χ2n) is 3.66. The third-order valence-corrected chi connectivity index (χ3v) is 3.37. The fourth-order valence-corrected chi connectivity index (χ4v) is 2.33. The second kappa shape index (κ2) is 6.71. The van der Waals surface area contributed by atoms with Gasteiger partial charge in [-0.1, -0.05) is 23.8 Å². The Morgan fingerprint density at radius 2 is 2.12 bits per heavy atom. The van der Waals surface area contributed by atoms with Crippen molar-refractivity contribution in [3.63, 3.8) is 0 Å². The standard InChI is InChI=1S/C12H15F2NOS/c1-3-4-8-17(16)15-9(2)10-6-5-7-11(13)12(10)14/h5-7H,3-4,8H2,1-2H3/b15-9+/t17-/m1/s1. The summed E-state index contributed by atoms with van der Waals surface area (Å²) in [5.74, 6) is -1.41. The van der Waals surface area contributed by atoms with Crippen LogP contribution in [-0.2, 0) is 11.4 Å². The average molecular weight is 259 g/mol. The van der Waals surface area contributed by atoms with E-state index < -0.39 is 23.0 Å². The van der Waals surface area contributed by atoms with Crippen molar-refractivity contribution < 1.29 is 13.3 Å². The highest BCUT2D eigenvalue weighted by atomic mass is 32.2. The first-order valence-electron chi connectivity index (χ1n) is 5.44. The van der Waals surface area contributed by atoms with Crippen molar-refractivity contribution in [1.29, 1.82) is 0 Å². The average Bonchev–Trinajstić information content (AvgIpc) is 2.29. The van der Waals surface area contributed by atoms with E-state index in [-0.39, 0.29) is 11.3 Å². The lowest BCUT2D eigenvalue weighted by Crippen LogP contribution is -2.08. The Morgan fingerprint density at radius 3 is 2.76 bits per heavy atom. The highest BCUT2D eigenvalue weighted by molar-refractivity contribution is 7.90. The molecule has 0 saturated heterocycles. The topological polar surface area (TPSA) is 35.4 Å². The molecule has 17 heavy (non-hydrogen) atoms. The molecule has 0 fully saturated rings. The number of rotatable bonds is 5. The minimum atomic E-state index is -1.37. The molecule has 0 aliphatic rings. The summed E-state index contributed by atoms with van der Waals surface area (Å²) in [6, 6.07) is 3.87. The van der Waals surface area contributed by atoms with Crippen LogP contribution in [0.3, 0.4) is 0 Å². The zero-order chi connectivity index (χ0) is 12.8. The van der Waals surface area contributed by atoms with Crippen LogP contribution in [-0.4, -0.2) is 16.0 Å². The first kappa shape index (κ1) is 14.1. The van der Waals surface area contributed by atoms with E-state index in [0.29, 0.717) is 5.75 Å². The molecule has 0 heterocycles. The van der Waals surface area contributed by atoms with Gasteiger partial charge >= 0.3 is 0 Å². The molecule has 0 aliphatic carbocycles. The highest BCUT2D eigenvalue weighted by Crippen LogP contribution is 2.13. The maximum absolute atomic E-state index is 13.4. The van der Waals surface area contributed by atoms with E-state index >= 15 is 0 Å². The van der Waals surface area contributed by atoms with E-state index in [1.54, 1.807) is 0 Å². The molecule has 0 unspecified atom stereocenters. The number of halogens is 2. The molecular formula is C12H15F2NOS. The number of nitrogens with zero attached hydrogens (tertiary/aromatic N) is 1. The maximum Gasteiger partial charge on any atom is 0.168 e. The van der Waals surface area contributed by atoms with Crippen LogP contribution in [0.2, 0.25) is 0 Å². The van der Waals surface area contributed by atoms with Crippen LogP contribution in [0.25, 0.3) is 0 Å². The van der Waals surface area contributed by atoms with E-state index in [2.05, 4.69) is 4.40 Å². The van der Waals surface area contributed by atoms with Gasteiger partial charge in [0.1, 0.15) is 5.75 Å². The smallest absolute Gasteiger partial charge is 0.168 e. The summed E-state index contributed by atoms with van der Waals surface area (Å²) < 4.78 is 41.7. The predicted octanol–water partition coefficient (Wildman–Crippen LogP) is 3.24. The number of unbranched alkanes of at least 4 members (excludes halogenated alkanes) is 1. The lowest BCUT2D eigenvalue weighted by Gasteiger charge is -2.06. The van der Waals surface area contributed by atoms with Gasteiger partial charge < -0.3 is 4.55 Å². The maximum atomic E-state index is 13.4. The summed E-state index contributed by atoms with van der Waals surface area (Å²) in [6.07, 6.45) is 1.73. The predicted molar refractivity (Wildman–Crippen MR) is 66.5 cm³/mol. The monoisotopic (exact) mass is 259 g/mol. The molecule has 1 aromatic rings. The molecule has 2 nitrogen and oxygen atoms in total. The summed E-state index contributed by atoms with van der Waals surface area (Å²) in [4.78, 5) is 0. The lowest BCUT2D eigenvalue weighted by atomic mass is 10.1. The molecule has 1 aromatic carbocycles. The first-order chi connectivity index (χ1) is 8.06. The minimum absolute atomic E-state index is 0.0647. The Kier molecular flexibility index (Phi) is 5.58. The first-order valence-corrected chi connectivity index (χ1v) is 6.72. The van der Waals surface area contributed by atoms with Crippen molar-refractivity contribution in [2.24, 2.45) is 4.40 Å². The molecule has 1 rings (SSSR count). The van der Waals surface area contributed by atoms with Crippen LogP contribution in [0, 0.1) is 11.6 Å². The van der Waals surface area contributed by atoms with E-state index in [1.165, 1.54) is 19.1 Å². The van der Waals surface area contributed by atoms with Crippen molar-refractivity contribution in [1.82, 2.24) is 0 Å². The molecule has 0 saturated carbocycles. The van der Waals surface area contributed by atoms with Crippen LogP contribution in [0.15, 0.2) is 22.6 Å². The van der Waals surface area contributed by atoms with E-state index in [1.807, 2.05) is 6.92 Å². The van der Waals surface area contributed by atoms with Crippen LogP contribution in [0.1, 0.15) is 32.3 Å². The van der Waals surface area contributed by atoms with Crippen molar-refractivity contribution in [3.05, 3.63) is 35.4 Å². The summed E-state index contributed by atoms with van der Waals surface area (Å²) in [6.45, 7) is 3.52. The van der Waals surface area contributed by atoms with Gasteiger partial charge in [-0.3, -0.25) is 0 Å². The minimum Gasteiger partial charge on any atom is -0.591 e. The Balaban J connectivity index is 2.84. The van der Waals surface area contributed by atoms with Gasteiger partial charge in [-0.15, -0.1) is 0 Å². The molecule has 94 valence electrons. The lowest BCUT2D eigenvalue weighted by molar-refractivity contribution is 0.507. The molecule has 0 amide bonds. The van der Waals surface area contributed by atoms with Crippen LogP contribution in [0.4, 0.5) is 8.78 Å². The van der Waals surface area contributed by atoms with Crippen LogP contribution in [0.5, 0.6) is 0 Å². The molecular weight excluding hydrogens is 244 g/mol. The SMILES string of the molecule is CCCC[S@@+]([O-])/N=C(\C)c1cccc(F)c1F. The Morgan fingerprint density at radius 1 is 1.41 bits per heavy atom. The molecule has 1 atom stereocenters. The fraction of sp³-hybridized carbons (Fsp3) is 0.417. The largest absolute Gasteiger partial charge is 0.591 e. The van der Waals surface area contributed by atoms with Crippen molar-refractivity contribution in [2.75, 3.05) is 5.75 Å². The summed E-state index contributed by atoms with van der Waals surface area (Å²) in [5.41, 5.74) is 0.325. The summed E-state index contributed by atoms with van der Waals surface area (Å²) in [7, 11) is 0. The van der Waals surface area contributed by atoms with Gasteiger partial charge in [0.25, 0.3) is 0 Å². The van der Waals surface area contributed by atoms with Gasteiger partial charge in [0.05, 0.1) is 17.1 Å². The molecule has 0 spiro atoms. The quantitative estimate of drug-likeness (QED) is 0.590. The van der Waals surface area contributed by atoms with Gasteiger partial charge in [-0.05, 0) is 25.5 Å². The summed E-state index contributed by atoms with van der Waals surface area (Å²) in [5, 5.41) is 0. The highest BCUT2D eigenvalue weighted by Gasteiger charge is 2.13. The Hall–Kier alpha value is -0.940. The van der Waals surface area contributed by atoms with Gasteiger partial charge in [0, 0.05) is 5.56 Å². The van der Waals surface area contributed by atoms with Crippen molar-refractivity contribution >= 4 is 17.1 Å².